The molecule has 1 N–H and O–H groups in total. The molecule has 0 bridgehead atoms. The van der Waals surface area contributed by atoms with Crippen LogP contribution in [-0.4, -0.2) is 23.8 Å². The van der Waals surface area contributed by atoms with Gasteiger partial charge in [0.1, 0.15) is 0 Å². The fourth-order valence-electron chi connectivity index (χ4n) is 1.20. The zero-order valence-electron chi connectivity index (χ0n) is 8.41. The minimum absolute atomic E-state index is 0.271. The molecule has 16 heavy (non-hydrogen) atoms. The molecule has 1 rings (SSSR count). The summed E-state index contributed by atoms with van der Waals surface area (Å²) in [4.78, 5) is 10.1. The average Bonchev–Trinajstić information content (AvgIpc) is 2.27. The summed E-state index contributed by atoms with van der Waals surface area (Å²) < 4.78 is 0. The first-order chi connectivity index (χ1) is 7.70. The van der Waals surface area contributed by atoms with Crippen molar-refractivity contribution in [2.45, 2.75) is 13.0 Å². The van der Waals surface area contributed by atoms with E-state index < -0.39 is 0 Å². The van der Waals surface area contributed by atoms with E-state index in [1.807, 2.05) is 0 Å². The lowest BCUT2D eigenvalue weighted by Gasteiger charge is -2.09. The van der Waals surface area contributed by atoms with Gasteiger partial charge in [0.2, 0.25) is 0 Å². The summed E-state index contributed by atoms with van der Waals surface area (Å²) in [5.74, 6) is 0. The quantitative estimate of drug-likeness (QED) is 0.362. The molecule has 0 aliphatic heterocycles. The molecule has 0 atom stereocenters. The Kier molecular flexibility index (Phi) is 5.45. The Morgan fingerprint density at radius 2 is 1.94 bits per heavy atom. The van der Waals surface area contributed by atoms with E-state index in [1.165, 1.54) is 7.41 Å². The number of nitrogens with zero attached hydrogens (tertiary/aromatic N) is 2. The molecule has 4 nitrogen and oxygen atoms in total. The van der Waals surface area contributed by atoms with Crippen molar-refractivity contribution in [3.05, 3.63) is 34.1 Å². The van der Waals surface area contributed by atoms with Crippen molar-refractivity contribution < 1.29 is 4.79 Å². The smallest absolute Gasteiger partial charge is 0.290 e. The maximum atomic E-state index is 10.1. The third-order valence-electron chi connectivity index (χ3n) is 1.90. The van der Waals surface area contributed by atoms with E-state index in [1.54, 1.807) is 6.08 Å². The topological polar surface area (TPSA) is 54.9 Å². The van der Waals surface area contributed by atoms with Crippen molar-refractivity contribution in [2.24, 2.45) is 0 Å². The standard InChI is InChI=1S/C9H9BCl2N3O/c1-2-3-6-7(4-13-10-5-16)9(12)15-14-8(6)11/h2,5,13H,1,3-4H2. The van der Waals surface area contributed by atoms with E-state index in [0.29, 0.717) is 24.3 Å². The Labute approximate surface area is 104 Å². The number of allylic oxidation sites excluding steroid dienone is 1. The van der Waals surface area contributed by atoms with Crippen LogP contribution in [0, 0.1) is 0 Å². The summed E-state index contributed by atoms with van der Waals surface area (Å²) in [6.45, 7) is 4.00. The third-order valence-corrected chi connectivity index (χ3v) is 2.51. The second-order valence-corrected chi connectivity index (χ2v) is 3.63. The maximum absolute atomic E-state index is 10.1. The normalized spacial score (nSPS) is 9.88. The Bertz CT molecular complexity index is 401. The lowest BCUT2D eigenvalue weighted by Crippen LogP contribution is -2.21. The highest BCUT2D eigenvalue weighted by Crippen LogP contribution is 2.23. The van der Waals surface area contributed by atoms with E-state index in [2.05, 4.69) is 22.0 Å². The number of nitrogens with one attached hydrogen (secondary N) is 1. The molecule has 0 saturated heterocycles. The molecule has 1 radical (unpaired) electrons. The molecule has 0 saturated carbocycles. The summed E-state index contributed by atoms with van der Waals surface area (Å²) in [5, 5.41) is 10.8. The molecule has 0 fully saturated rings. The van der Waals surface area contributed by atoms with Crippen LogP contribution in [0.2, 0.25) is 10.3 Å². The molecule has 0 aromatic carbocycles. The second kappa shape index (κ2) is 6.63. The van der Waals surface area contributed by atoms with Crippen LogP contribution in [0.4, 0.5) is 0 Å². The first-order valence-electron chi connectivity index (χ1n) is 4.51. The molecule has 0 spiro atoms. The monoisotopic (exact) mass is 256 g/mol. The van der Waals surface area contributed by atoms with Gasteiger partial charge in [0.05, 0.1) is 6.19 Å². The molecule has 0 unspecified atom stereocenters. The van der Waals surface area contributed by atoms with E-state index in [4.69, 9.17) is 23.2 Å². The van der Waals surface area contributed by atoms with Crippen LogP contribution in [0.3, 0.4) is 0 Å². The number of carbonyl (C=O) groups excluding carboxylic acids is 1. The maximum Gasteiger partial charge on any atom is 0.290 e. The third kappa shape index (κ3) is 3.30. The minimum Gasteiger partial charge on any atom is -0.350 e. The number of halogens is 2. The molecule has 83 valence electrons. The number of hydrogen-bond acceptors (Lipinski definition) is 4. The fraction of sp³-hybridized carbons (Fsp3) is 0.222. The number of rotatable bonds is 6. The molecular formula is C9H9BCl2N3O. The molecule has 1 aromatic rings. The molecule has 1 heterocycles. The van der Waals surface area contributed by atoms with Crippen LogP contribution in [0.15, 0.2) is 12.7 Å². The van der Waals surface area contributed by atoms with Gasteiger partial charge >= 0.3 is 0 Å². The van der Waals surface area contributed by atoms with Gasteiger partial charge in [-0.25, -0.2) is 0 Å². The molecular weight excluding hydrogens is 248 g/mol. The van der Waals surface area contributed by atoms with Gasteiger partial charge in [-0.1, -0.05) is 29.3 Å². The Morgan fingerprint density at radius 3 is 2.50 bits per heavy atom. The van der Waals surface area contributed by atoms with Crippen molar-refractivity contribution in [3.8, 4) is 0 Å². The Morgan fingerprint density at radius 1 is 1.31 bits per heavy atom. The highest BCUT2D eigenvalue weighted by Gasteiger charge is 2.12. The molecule has 7 heteroatoms. The van der Waals surface area contributed by atoms with Gasteiger partial charge in [-0.15, -0.1) is 16.8 Å². The number of carbonyl (C=O) groups is 1. The predicted octanol–water partition coefficient (Wildman–Crippen LogP) is 1.41. The minimum atomic E-state index is 0.271. The lowest BCUT2D eigenvalue weighted by atomic mass is 9.97. The Balaban J connectivity index is 2.97. The van der Waals surface area contributed by atoms with E-state index >= 15 is 0 Å². The van der Waals surface area contributed by atoms with Crippen molar-refractivity contribution in [2.75, 3.05) is 0 Å². The van der Waals surface area contributed by atoms with Crippen LogP contribution < -0.4 is 5.23 Å². The van der Waals surface area contributed by atoms with Crippen molar-refractivity contribution >= 4 is 36.8 Å². The van der Waals surface area contributed by atoms with Gasteiger partial charge in [0.25, 0.3) is 7.41 Å². The Hall–Kier alpha value is -0.905. The summed E-state index contributed by atoms with van der Waals surface area (Å²) in [6.07, 6.45) is 2.90. The van der Waals surface area contributed by atoms with Crippen LogP contribution in [0.25, 0.3) is 0 Å². The van der Waals surface area contributed by atoms with Crippen LogP contribution >= 0.6 is 23.2 Å². The summed E-state index contributed by atoms with van der Waals surface area (Å²) in [7, 11) is 1.28. The van der Waals surface area contributed by atoms with E-state index in [9.17, 15) is 4.79 Å². The highest BCUT2D eigenvalue weighted by molar-refractivity contribution is 6.64. The lowest BCUT2D eigenvalue weighted by molar-refractivity contribution is 0.567. The fourth-order valence-corrected chi connectivity index (χ4v) is 1.65. The van der Waals surface area contributed by atoms with Gasteiger partial charge in [-0.05, 0) is 6.42 Å². The summed E-state index contributed by atoms with van der Waals surface area (Å²) >= 11 is 11.8. The number of hydrogen-bond donors (Lipinski definition) is 1. The van der Waals surface area contributed by atoms with Gasteiger partial charge in [0.15, 0.2) is 10.3 Å². The molecule has 0 aliphatic carbocycles. The van der Waals surface area contributed by atoms with Crippen LogP contribution in [-0.2, 0) is 17.8 Å². The second-order valence-electron chi connectivity index (χ2n) is 2.92. The van der Waals surface area contributed by atoms with Crippen molar-refractivity contribution in [1.82, 2.24) is 15.4 Å². The average molecular weight is 257 g/mol. The largest absolute Gasteiger partial charge is 0.350 e. The SMILES string of the molecule is C=CCc1c(Cl)nnc(Cl)c1CN[B]C=O. The van der Waals surface area contributed by atoms with Crippen molar-refractivity contribution in [1.29, 1.82) is 0 Å². The zero-order chi connectivity index (χ0) is 12.0. The van der Waals surface area contributed by atoms with Gasteiger partial charge in [-0.2, -0.15) is 0 Å². The zero-order valence-corrected chi connectivity index (χ0v) is 9.92. The molecule has 1 aromatic heterocycles. The van der Waals surface area contributed by atoms with Gasteiger partial charge in [0, 0.05) is 17.7 Å². The van der Waals surface area contributed by atoms with E-state index in [-0.39, 0.29) is 5.15 Å². The molecule has 0 aliphatic rings. The van der Waals surface area contributed by atoms with Gasteiger partial charge in [-0.3, -0.25) is 0 Å². The number of aromatic nitrogens is 2. The summed E-state index contributed by atoms with van der Waals surface area (Å²) in [6, 6.07) is 0. The predicted molar refractivity (Wildman–Crippen MR) is 65.3 cm³/mol. The highest BCUT2D eigenvalue weighted by atomic mass is 35.5. The summed E-state index contributed by atoms with van der Waals surface area (Å²) in [5.41, 5.74) is 1.49. The van der Waals surface area contributed by atoms with E-state index in [0.717, 1.165) is 11.1 Å². The first kappa shape index (κ1) is 13.2. The first-order valence-corrected chi connectivity index (χ1v) is 5.27. The van der Waals surface area contributed by atoms with Crippen LogP contribution in [0.1, 0.15) is 11.1 Å². The van der Waals surface area contributed by atoms with Crippen LogP contribution in [0.5, 0.6) is 0 Å². The molecule has 0 amide bonds. The van der Waals surface area contributed by atoms with Crippen molar-refractivity contribution in [3.63, 3.8) is 0 Å². The van der Waals surface area contributed by atoms with Gasteiger partial charge < -0.3 is 10.0 Å².